The number of halogens is 1. The molecule has 1 heterocycles. The van der Waals surface area contributed by atoms with Gasteiger partial charge in [-0.25, -0.2) is 4.79 Å². The van der Waals surface area contributed by atoms with Gasteiger partial charge in [-0.15, -0.1) is 0 Å². The van der Waals surface area contributed by atoms with Crippen LogP contribution in [0.25, 0.3) is 0 Å². The van der Waals surface area contributed by atoms with Crippen molar-refractivity contribution in [2.75, 3.05) is 26.3 Å². The Bertz CT molecular complexity index is 548. The summed E-state index contributed by atoms with van der Waals surface area (Å²) < 4.78 is 10.5. The number of nitrogens with zero attached hydrogens (tertiary/aromatic N) is 1. The van der Waals surface area contributed by atoms with Crippen LogP contribution < -0.4 is 4.74 Å². The molecule has 0 bridgehead atoms. The summed E-state index contributed by atoms with van der Waals surface area (Å²) in [6.45, 7) is 2.31. The van der Waals surface area contributed by atoms with Gasteiger partial charge in [-0.1, -0.05) is 11.6 Å². The monoisotopic (exact) mass is 313 g/mol. The molecule has 21 heavy (non-hydrogen) atoms. The molecule has 1 N–H and O–H groups in total. The summed E-state index contributed by atoms with van der Waals surface area (Å²) in [6.07, 6.45) is -0.972. The number of morpholine rings is 1. The average Bonchev–Trinajstić information content (AvgIpc) is 2.46. The Morgan fingerprint density at radius 1 is 1.52 bits per heavy atom. The maximum atomic E-state index is 12.0. The van der Waals surface area contributed by atoms with Gasteiger partial charge in [0, 0.05) is 11.6 Å². The van der Waals surface area contributed by atoms with Crippen molar-refractivity contribution in [1.82, 2.24) is 4.90 Å². The summed E-state index contributed by atoms with van der Waals surface area (Å²) in [6, 6.07) is 5.13. The van der Waals surface area contributed by atoms with E-state index in [0.717, 1.165) is 5.56 Å². The molecule has 114 valence electrons. The minimum atomic E-state index is -1.07. The summed E-state index contributed by atoms with van der Waals surface area (Å²) in [5.41, 5.74) is 0.834. The second kappa shape index (κ2) is 6.78. The van der Waals surface area contributed by atoms with Crippen LogP contribution in [0.4, 0.5) is 0 Å². The van der Waals surface area contributed by atoms with E-state index in [4.69, 9.17) is 26.2 Å². The second-order valence-corrected chi connectivity index (χ2v) is 5.17. The zero-order valence-corrected chi connectivity index (χ0v) is 12.3. The van der Waals surface area contributed by atoms with E-state index >= 15 is 0 Å². The fraction of sp³-hybridized carbons (Fsp3) is 0.429. The summed E-state index contributed by atoms with van der Waals surface area (Å²) in [5, 5.41) is 9.50. The maximum absolute atomic E-state index is 12.0. The van der Waals surface area contributed by atoms with Gasteiger partial charge in [0.2, 0.25) is 0 Å². The smallest absolute Gasteiger partial charge is 0.334 e. The van der Waals surface area contributed by atoms with E-state index in [2.05, 4.69) is 0 Å². The first kappa shape index (κ1) is 15.6. The first-order chi connectivity index (χ1) is 9.97. The Labute approximate surface area is 127 Å². The first-order valence-electron chi connectivity index (χ1n) is 6.48. The van der Waals surface area contributed by atoms with Crippen molar-refractivity contribution in [2.45, 2.75) is 13.0 Å². The number of carbonyl (C=O) groups is 2. The van der Waals surface area contributed by atoms with Gasteiger partial charge in [0.25, 0.3) is 5.91 Å². The largest absolute Gasteiger partial charge is 0.483 e. The maximum Gasteiger partial charge on any atom is 0.334 e. The molecule has 6 nitrogen and oxygen atoms in total. The van der Waals surface area contributed by atoms with E-state index in [1.807, 2.05) is 6.92 Å². The minimum Gasteiger partial charge on any atom is -0.483 e. The van der Waals surface area contributed by atoms with Crippen molar-refractivity contribution in [2.24, 2.45) is 0 Å². The Balaban J connectivity index is 1.90. The van der Waals surface area contributed by atoms with Crippen molar-refractivity contribution < 1.29 is 24.2 Å². The lowest BCUT2D eigenvalue weighted by atomic mass is 10.2. The van der Waals surface area contributed by atoms with Crippen LogP contribution in [0.5, 0.6) is 5.75 Å². The highest BCUT2D eigenvalue weighted by Gasteiger charge is 2.29. The van der Waals surface area contributed by atoms with E-state index in [-0.39, 0.29) is 25.7 Å². The van der Waals surface area contributed by atoms with Crippen molar-refractivity contribution in [3.05, 3.63) is 28.8 Å². The van der Waals surface area contributed by atoms with Gasteiger partial charge < -0.3 is 19.5 Å². The van der Waals surface area contributed by atoms with Crippen LogP contribution in [0.15, 0.2) is 18.2 Å². The lowest BCUT2D eigenvalue weighted by Crippen LogP contribution is -2.49. The molecule has 1 saturated heterocycles. The van der Waals surface area contributed by atoms with Crippen molar-refractivity contribution in [3.63, 3.8) is 0 Å². The van der Waals surface area contributed by atoms with Crippen LogP contribution in [-0.4, -0.2) is 54.3 Å². The number of rotatable bonds is 4. The molecule has 1 aromatic carbocycles. The number of aliphatic carboxylic acids is 1. The molecule has 7 heteroatoms. The molecule has 0 unspecified atom stereocenters. The van der Waals surface area contributed by atoms with E-state index in [9.17, 15) is 9.59 Å². The molecule has 1 aromatic rings. The highest BCUT2D eigenvalue weighted by Crippen LogP contribution is 2.21. The quantitative estimate of drug-likeness (QED) is 0.908. The molecular weight excluding hydrogens is 298 g/mol. The van der Waals surface area contributed by atoms with Crippen LogP contribution in [-0.2, 0) is 14.3 Å². The van der Waals surface area contributed by atoms with Crippen LogP contribution in [0.1, 0.15) is 5.56 Å². The van der Waals surface area contributed by atoms with Gasteiger partial charge in [0.15, 0.2) is 12.7 Å². The van der Waals surface area contributed by atoms with E-state index in [1.165, 1.54) is 4.90 Å². The molecule has 0 radical (unpaired) electrons. The van der Waals surface area contributed by atoms with E-state index in [1.54, 1.807) is 18.2 Å². The molecule has 0 aromatic heterocycles. The van der Waals surface area contributed by atoms with Gasteiger partial charge >= 0.3 is 5.97 Å². The molecule has 1 fully saturated rings. The highest BCUT2D eigenvalue weighted by atomic mass is 35.5. The van der Waals surface area contributed by atoms with Crippen LogP contribution in [0, 0.1) is 6.92 Å². The van der Waals surface area contributed by atoms with Gasteiger partial charge in [-0.2, -0.15) is 0 Å². The van der Waals surface area contributed by atoms with Crippen LogP contribution >= 0.6 is 11.6 Å². The van der Waals surface area contributed by atoms with Crippen LogP contribution in [0.3, 0.4) is 0 Å². The Hall–Kier alpha value is -1.79. The SMILES string of the molecule is Cc1cc(Cl)ccc1OCC(=O)N1CCO[C@@H](C(=O)O)C1. The second-order valence-electron chi connectivity index (χ2n) is 4.74. The number of benzene rings is 1. The lowest BCUT2D eigenvalue weighted by Gasteiger charge is -2.30. The Kier molecular flexibility index (Phi) is 5.03. The number of carboxylic acid groups (broad SMARTS) is 1. The van der Waals surface area contributed by atoms with Gasteiger partial charge in [-0.05, 0) is 30.7 Å². The summed E-state index contributed by atoms with van der Waals surface area (Å²) >= 11 is 5.85. The number of ether oxygens (including phenoxy) is 2. The standard InChI is InChI=1S/C14H16ClNO5/c1-9-6-10(15)2-3-11(9)21-8-13(17)16-4-5-20-12(7-16)14(18)19/h2-3,6,12H,4-5,7-8H2,1H3,(H,18,19)/t12-/m1/s1. The predicted octanol–water partition coefficient (Wildman–Crippen LogP) is 1.34. The number of carboxylic acids is 1. The molecule has 1 aliphatic heterocycles. The predicted molar refractivity (Wildman–Crippen MR) is 75.6 cm³/mol. The number of hydrogen-bond acceptors (Lipinski definition) is 4. The zero-order chi connectivity index (χ0) is 15.4. The van der Waals surface area contributed by atoms with E-state index in [0.29, 0.717) is 17.3 Å². The third-order valence-electron chi connectivity index (χ3n) is 3.18. The third-order valence-corrected chi connectivity index (χ3v) is 3.42. The highest BCUT2D eigenvalue weighted by molar-refractivity contribution is 6.30. The summed E-state index contributed by atoms with van der Waals surface area (Å²) in [5.74, 6) is -0.753. The molecule has 1 amide bonds. The third kappa shape index (κ3) is 4.09. The molecule has 0 aliphatic carbocycles. The minimum absolute atomic E-state index is 0.0388. The molecule has 1 atom stereocenters. The van der Waals surface area contributed by atoms with Gasteiger partial charge in [0.1, 0.15) is 5.75 Å². The molecule has 0 spiro atoms. The number of aryl methyl sites for hydroxylation is 1. The van der Waals surface area contributed by atoms with Crippen molar-refractivity contribution in [1.29, 1.82) is 0 Å². The zero-order valence-electron chi connectivity index (χ0n) is 11.5. The fourth-order valence-corrected chi connectivity index (χ4v) is 2.26. The summed E-state index contributed by atoms with van der Waals surface area (Å²) in [7, 11) is 0. The number of hydrogen-bond donors (Lipinski definition) is 1. The number of carbonyl (C=O) groups excluding carboxylic acids is 1. The average molecular weight is 314 g/mol. The van der Waals surface area contributed by atoms with Crippen molar-refractivity contribution >= 4 is 23.5 Å². The molecule has 0 saturated carbocycles. The first-order valence-corrected chi connectivity index (χ1v) is 6.86. The topological polar surface area (TPSA) is 76.1 Å². The van der Waals surface area contributed by atoms with Crippen LogP contribution in [0.2, 0.25) is 5.02 Å². The Morgan fingerprint density at radius 2 is 2.29 bits per heavy atom. The van der Waals surface area contributed by atoms with Crippen molar-refractivity contribution in [3.8, 4) is 5.75 Å². The Morgan fingerprint density at radius 3 is 2.95 bits per heavy atom. The number of amides is 1. The normalized spacial score (nSPS) is 18.4. The van der Waals surface area contributed by atoms with Gasteiger partial charge in [0.05, 0.1) is 13.2 Å². The molecular formula is C14H16ClNO5. The summed E-state index contributed by atoms with van der Waals surface area (Å²) in [4.78, 5) is 24.4. The lowest BCUT2D eigenvalue weighted by molar-refractivity contribution is -0.159. The fourth-order valence-electron chi connectivity index (χ4n) is 2.03. The van der Waals surface area contributed by atoms with Gasteiger partial charge in [-0.3, -0.25) is 4.79 Å². The molecule has 1 aliphatic rings. The van der Waals surface area contributed by atoms with E-state index < -0.39 is 12.1 Å². The molecule has 2 rings (SSSR count).